The molecule has 2 aromatic rings. The number of aromatic nitrogens is 3. The first-order valence-electron chi connectivity index (χ1n) is 6.58. The number of nitrogens with zero attached hydrogens (tertiary/aromatic N) is 3. The molecule has 3 rings (SSSR count). The van der Waals surface area contributed by atoms with Crippen molar-refractivity contribution in [3.63, 3.8) is 0 Å². The van der Waals surface area contributed by atoms with Gasteiger partial charge in [0.2, 0.25) is 5.91 Å². The number of aromatic amines is 1. The Hall–Kier alpha value is -2.21. The van der Waals surface area contributed by atoms with Crippen molar-refractivity contribution in [2.45, 2.75) is 13.3 Å². The molecule has 0 bridgehead atoms. The van der Waals surface area contributed by atoms with Crippen LogP contribution in [-0.4, -0.2) is 39.3 Å². The van der Waals surface area contributed by atoms with Crippen LogP contribution in [0.1, 0.15) is 12.0 Å². The molecule has 1 saturated heterocycles. The van der Waals surface area contributed by atoms with Crippen LogP contribution >= 0.6 is 0 Å². The number of benzene rings is 1. The zero-order chi connectivity index (χ0) is 14.1. The molecule has 0 spiro atoms. The van der Waals surface area contributed by atoms with Crippen molar-refractivity contribution < 1.29 is 9.90 Å². The van der Waals surface area contributed by atoms with Crippen LogP contribution in [0, 0.1) is 12.8 Å². The molecule has 1 aliphatic heterocycles. The fraction of sp³-hybridized carbons (Fsp3) is 0.357. The lowest BCUT2D eigenvalue weighted by molar-refractivity contribution is -0.117. The van der Waals surface area contributed by atoms with Gasteiger partial charge < -0.3 is 5.11 Å². The highest BCUT2D eigenvalue weighted by molar-refractivity contribution is 5.94. The highest BCUT2D eigenvalue weighted by Gasteiger charge is 2.32. The smallest absolute Gasteiger partial charge is 0.251 e. The van der Waals surface area contributed by atoms with Gasteiger partial charge in [-0.05, 0) is 6.92 Å². The van der Waals surface area contributed by atoms with Crippen molar-refractivity contribution >= 4 is 11.9 Å². The molecule has 6 heteroatoms. The Labute approximate surface area is 116 Å². The lowest BCUT2D eigenvalue weighted by Crippen LogP contribution is -2.26. The third kappa shape index (κ3) is 2.30. The highest BCUT2D eigenvalue weighted by atomic mass is 16.3. The minimum atomic E-state index is -0.0430. The van der Waals surface area contributed by atoms with Crippen LogP contribution < -0.4 is 4.90 Å². The normalized spacial score (nSPS) is 18.8. The van der Waals surface area contributed by atoms with Gasteiger partial charge in [-0.25, -0.2) is 0 Å². The Morgan fingerprint density at radius 1 is 1.40 bits per heavy atom. The van der Waals surface area contributed by atoms with Gasteiger partial charge >= 0.3 is 0 Å². The van der Waals surface area contributed by atoms with Crippen molar-refractivity contribution in [3.05, 3.63) is 29.8 Å². The monoisotopic (exact) mass is 272 g/mol. The third-order valence-electron chi connectivity index (χ3n) is 3.50. The van der Waals surface area contributed by atoms with Gasteiger partial charge in [0, 0.05) is 31.1 Å². The molecular weight excluding hydrogens is 256 g/mol. The molecule has 1 aromatic heterocycles. The molecule has 20 heavy (non-hydrogen) atoms. The highest BCUT2D eigenvalue weighted by Crippen LogP contribution is 2.24. The Morgan fingerprint density at radius 2 is 2.15 bits per heavy atom. The quantitative estimate of drug-likeness (QED) is 0.877. The number of aliphatic hydroxyl groups is 1. The van der Waals surface area contributed by atoms with Crippen LogP contribution in [0.5, 0.6) is 0 Å². The predicted molar refractivity (Wildman–Crippen MR) is 74.1 cm³/mol. The maximum Gasteiger partial charge on any atom is 0.251 e. The molecule has 0 aliphatic carbocycles. The van der Waals surface area contributed by atoms with E-state index in [2.05, 4.69) is 15.2 Å². The second-order valence-corrected chi connectivity index (χ2v) is 5.11. The van der Waals surface area contributed by atoms with Crippen LogP contribution in [0.15, 0.2) is 24.3 Å². The van der Waals surface area contributed by atoms with E-state index in [1.807, 2.05) is 31.2 Å². The molecule has 0 saturated carbocycles. The standard InChI is InChI=1S/C14H16N4O2/c1-9-2-4-11(5-3-9)13-15-14(17-16-13)18-7-10(8-19)6-12(18)20/h2-5,10,19H,6-8H2,1H3,(H,15,16,17). The molecule has 0 radical (unpaired) electrons. The van der Waals surface area contributed by atoms with Crippen LogP contribution in [0.25, 0.3) is 11.4 Å². The summed E-state index contributed by atoms with van der Waals surface area (Å²) in [5, 5.41) is 16.1. The number of aliphatic hydroxyl groups excluding tert-OH is 1. The number of nitrogens with one attached hydrogen (secondary N) is 1. The number of rotatable bonds is 3. The molecule has 6 nitrogen and oxygen atoms in total. The second-order valence-electron chi connectivity index (χ2n) is 5.11. The molecule has 104 valence electrons. The van der Waals surface area contributed by atoms with E-state index in [1.54, 1.807) is 0 Å². The number of hydrogen-bond donors (Lipinski definition) is 2. The molecule has 2 N–H and O–H groups in total. The molecule has 1 atom stereocenters. The summed E-state index contributed by atoms with van der Waals surface area (Å²) < 4.78 is 0. The number of carbonyl (C=O) groups is 1. The van der Waals surface area contributed by atoms with Crippen molar-refractivity contribution in [1.29, 1.82) is 0 Å². The molecular formula is C14H16N4O2. The van der Waals surface area contributed by atoms with Crippen LogP contribution in [-0.2, 0) is 4.79 Å². The van der Waals surface area contributed by atoms with Gasteiger partial charge in [-0.1, -0.05) is 29.8 Å². The van der Waals surface area contributed by atoms with Gasteiger partial charge in [0.25, 0.3) is 5.95 Å². The van der Waals surface area contributed by atoms with E-state index in [4.69, 9.17) is 5.11 Å². The Morgan fingerprint density at radius 3 is 2.80 bits per heavy atom. The van der Waals surface area contributed by atoms with E-state index in [0.717, 1.165) is 5.56 Å². The first-order valence-corrected chi connectivity index (χ1v) is 6.58. The SMILES string of the molecule is Cc1ccc(-c2nc(N3CC(CO)CC3=O)n[nH]2)cc1. The summed E-state index contributed by atoms with van der Waals surface area (Å²) in [7, 11) is 0. The van der Waals surface area contributed by atoms with Gasteiger partial charge in [-0.3, -0.25) is 14.8 Å². The van der Waals surface area contributed by atoms with E-state index in [9.17, 15) is 4.79 Å². The zero-order valence-electron chi connectivity index (χ0n) is 11.2. The molecule has 1 aliphatic rings. The topological polar surface area (TPSA) is 82.1 Å². The fourth-order valence-corrected chi connectivity index (χ4v) is 2.31. The summed E-state index contributed by atoms with van der Waals surface area (Å²) in [5.74, 6) is 0.948. The molecule has 1 unspecified atom stereocenters. The van der Waals surface area contributed by atoms with E-state index in [-0.39, 0.29) is 18.4 Å². The van der Waals surface area contributed by atoms with Gasteiger partial charge in [-0.15, -0.1) is 5.10 Å². The minimum Gasteiger partial charge on any atom is -0.396 e. The average molecular weight is 272 g/mol. The maximum absolute atomic E-state index is 11.9. The second kappa shape index (κ2) is 5.05. The summed E-state index contributed by atoms with van der Waals surface area (Å²) in [6, 6.07) is 7.92. The number of hydrogen-bond acceptors (Lipinski definition) is 4. The van der Waals surface area contributed by atoms with Crippen molar-refractivity contribution in [2.24, 2.45) is 5.92 Å². The van der Waals surface area contributed by atoms with E-state index < -0.39 is 0 Å². The van der Waals surface area contributed by atoms with Crippen LogP contribution in [0.4, 0.5) is 5.95 Å². The number of H-pyrrole nitrogens is 1. The van der Waals surface area contributed by atoms with E-state index in [0.29, 0.717) is 24.7 Å². The lowest BCUT2D eigenvalue weighted by atomic mass is 10.1. The van der Waals surface area contributed by atoms with Crippen molar-refractivity contribution in [2.75, 3.05) is 18.1 Å². The molecule has 1 aromatic carbocycles. The Kier molecular flexibility index (Phi) is 3.23. The van der Waals surface area contributed by atoms with Crippen LogP contribution in [0.3, 0.4) is 0 Å². The summed E-state index contributed by atoms with van der Waals surface area (Å²) in [6.07, 6.45) is 0.352. The van der Waals surface area contributed by atoms with Crippen molar-refractivity contribution in [3.8, 4) is 11.4 Å². The first kappa shape index (κ1) is 12.8. The minimum absolute atomic E-state index is 0.0114. The summed E-state index contributed by atoms with van der Waals surface area (Å²) in [5.41, 5.74) is 2.11. The summed E-state index contributed by atoms with van der Waals surface area (Å²) in [6.45, 7) is 2.51. The summed E-state index contributed by atoms with van der Waals surface area (Å²) in [4.78, 5) is 17.7. The first-order chi connectivity index (χ1) is 9.67. The Balaban J connectivity index is 1.83. The lowest BCUT2D eigenvalue weighted by Gasteiger charge is -2.10. The zero-order valence-corrected chi connectivity index (χ0v) is 11.2. The van der Waals surface area contributed by atoms with Crippen LogP contribution in [0.2, 0.25) is 0 Å². The van der Waals surface area contributed by atoms with Gasteiger partial charge in [0.15, 0.2) is 5.82 Å². The van der Waals surface area contributed by atoms with Gasteiger partial charge in [0.05, 0.1) is 0 Å². The van der Waals surface area contributed by atoms with E-state index >= 15 is 0 Å². The van der Waals surface area contributed by atoms with Gasteiger partial charge in [0.1, 0.15) is 0 Å². The third-order valence-corrected chi connectivity index (χ3v) is 3.50. The molecule has 2 heterocycles. The van der Waals surface area contributed by atoms with E-state index in [1.165, 1.54) is 10.5 Å². The largest absolute Gasteiger partial charge is 0.396 e. The number of anilines is 1. The number of carbonyl (C=O) groups excluding carboxylic acids is 1. The Bertz CT molecular complexity index is 620. The fourth-order valence-electron chi connectivity index (χ4n) is 2.31. The van der Waals surface area contributed by atoms with Gasteiger partial charge in [-0.2, -0.15) is 4.98 Å². The van der Waals surface area contributed by atoms with Crippen molar-refractivity contribution in [1.82, 2.24) is 15.2 Å². The predicted octanol–water partition coefficient (Wildman–Crippen LogP) is 1.13. The molecule has 1 amide bonds. The average Bonchev–Trinajstić information content (AvgIpc) is 3.06. The maximum atomic E-state index is 11.9. The molecule has 1 fully saturated rings. The number of amides is 1. The summed E-state index contributed by atoms with van der Waals surface area (Å²) >= 11 is 0. The number of aryl methyl sites for hydroxylation is 1.